The van der Waals surface area contributed by atoms with Gasteiger partial charge < -0.3 is 4.57 Å². The molecule has 116 valence electrons. The average Bonchev–Trinajstić information content (AvgIpc) is 2.80. The maximum absolute atomic E-state index is 13.8. The Kier molecular flexibility index (Phi) is 6.74. The van der Waals surface area contributed by atoms with Gasteiger partial charge in [-0.2, -0.15) is 0 Å². The van der Waals surface area contributed by atoms with Crippen molar-refractivity contribution in [3.8, 4) is 0 Å². The normalized spacial score (nSPS) is 11.4. The van der Waals surface area contributed by atoms with E-state index in [4.69, 9.17) is 11.6 Å². The van der Waals surface area contributed by atoms with Gasteiger partial charge in [-0.25, -0.2) is 9.37 Å². The van der Waals surface area contributed by atoms with Crippen LogP contribution in [-0.2, 0) is 12.4 Å². The van der Waals surface area contributed by atoms with Gasteiger partial charge >= 0.3 is 0 Å². The van der Waals surface area contributed by atoms with Crippen molar-refractivity contribution < 1.29 is 4.39 Å². The summed E-state index contributed by atoms with van der Waals surface area (Å²) in [6.45, 7) is 3.09. The molecule has 2 aromatic rings. The Balaban J connectivity index is 2.08. The number of alkyl halides is 1. The zero-order valence-corrected chi connectivity index (χ0v) is 15.3. The van der Waals surface area contributed by atoms with Crippen molar-refractivity contribution in [1.82, 2.24) is 9.55 Å². The highest BCUT2D eigenvalue weighted by molar-refractivity contribution is 14.1. The zero-order valence-electron chi connectivity index (χ0n) is 12.3. The molecule has 0 saturated heterocycles. The lowest BCUT2D eigenvalue weighted by Gasteiger charge is -2.08. The lowest BCUT2D eigenvalue weighted by atomic mass is 10.1. The molecule has 2 nitrogen and oxygen atoms in total. The number of nitrogens with zero attached hydrogens (tertiary/aromatic N) is 2. The highest BCUT2D eigenvalue weighted by atomic mass is 127. The predicted molar refractivity (Wildman–Crippen MR) is 95.3 cm³/mol. The van der Waals surface area contributed by atoms with E-state index in [2.05, 4.69) is 16.5 Å². The summed E-state index contributed by atoms with van der Waals surface area (Å²) >= 11 is 7.98. The molecule has 0 aliphatic heterocycles. The number of unbranched alkanes of at least 4 members (excludes halogenated alkanes) is 5. The first-order valence-electron chi connectivity index (χ1n) is 7.57. The van der Waals surface area contributed by atoms with Crippen molar-refractivity contribution in [1.29, 1.82) is 0 Å². The maximum Gasteiger partial charge on any atom is 0.138 e. The average molecular weight is 423 g/mol. The third kappa shape index (κ3) is 4.31. The lowest BCUT2D eigenvalue weighted by Crippen LogP contribution is -2.03. The largest absolute Gasteiger partial charge is 0.327 e. The van der Waals surface area contributed by atoms with Crippen LogP contribution in [0.1, 0.15) is 51.3 Å². The van der Waals surface area contributed by atoms with Crippen LogP contribution in [0.5, 0.6) is 0 Å². The van der Waals surface area contributed by atoms with E-state index in [0.717, 1.165) is 29.8 Å². The zero-order chi connectivity index (χ0) is 15.2. The predicted octanol–water partition coefficient (Wildman–Crippen LogP) is 5.88. The summed E-state index contributed by atoms with van der Waals surface area (Å²) in [7, 11) is 0. The number of imidazole rings is 1. The number of rotatable bonds is 8. The lowest BCUT2D eigenvalue weighted by molar-refractivity contribution is 0.556. The van der Waals surface area contributed by atoms with E-state index in [1.807, 2.05) is 22.6 Å². The molecule has 5 heteroatoms. The Labute approximate surface area is 144 Å². The first-order valence-corrected chi connectivity index (χ1v) is 9.18. The van der Waals surface area contributed by atoms with Gasteiger partial charge in [0.05, 0.1) is 20.5 Å². The molecule has 0 radical (unpaired) electrons. The van der Waals surface area contributed by atoms with Crippen LogP contribution in [0.4, 0.5) is 4.39 Å². The summed E-state index contributed by atoms with van der Waals surface area (Å²) in [6, 6.07) is 3.37. The number of aryl methyl sites for hydroxylation is 1. The van der Waals surface area contributed by atoms with Crippen LogP contribution < -0.4 is 0 Å². The summed E-state index contributed by atoms with van der Waals surface area (Å²) in [6.07, 6.45) is 7.44. The van der Waals surface area contributed by atoms with Crippen LogP contribution in [0, 0.1) is 9.39 Å². The molecule has 0 aliphatic carbocycles. The highest BCUT2D eigenvalue weighted by Gasteiger charge is 2.12. The Morgan fingerprint density at radius 2 is 1.90 bits per heavy atom. The smallest absolute Gasteiger partial charge is 0.138 e. The molecule has 0 fully saturated rings. The highest BCUT2D eigenvalue weighted by Crippen LogP contribution is 2.23. The summed E-state index contributed by atoms with van der Waals surface area (Å²) in [4.78, 5) is 4.52. The van der Waals surface area contributed by atoms with Gasteiger partial charge in [0.1, 0.15) is 11.6 Å². The molecular formula is C16H21ClFIN2. The minimum atomic E-state index is -0.187. The molecule has 0 spiro atoms. The summed E-state index contributed by atoms with van der Waals surface area (Å²) in [5, 5.41) is 0. The van der Waals surface area contributed by atoms with E-state index < -0.39 is 0 Å². The number of fused-ring (bicyclic) bond motifs is 1. The fourth-order valence-corrected chi connectivity index (χ4v) is 3.23. The third-order valence-corrected chi connectivity index (χ3v) is 4.79. The van der Waals surface area contributed by atoms with E-state index >= 15 is 0 Å². The molecule has 21 heavy (non-hydrogen) atoms. The molecule has 0 atom stereocenters. The second-order valence-corrected chi connectivity index (χ2v) is 6.77. The number of aromatic nitrogens is 2. The monoisotopic (exact) mass is 422 g/mol. The summed E-state index contributed by atoms with van der Waals surface area (Å²) < 4.78 is 16.5. The van der Waals surface area contributed by atoms with Crippen LogP contribution in [-0.4, -0.2) is 9.55 Å². The van der Waals surface area contributed by atoms with Crippen LogP contribution in [0.25, 0.3) is 11.0 Å². The molecule has 0 saturated carbocycles. The molecule has 0 aliphatic rings. The number of hydrogen-bond donors (Lipinski definition) is 0. The van der Waals surface area contributed by atoms with Crippen molar-refractivity contribution >= 4 is 45.2 Å². The Bertz CT molecular complexity index is 597. The first kappa shape index (κ1) is 17.0. The fourth-order valence-electron chi connectivity index (χ4n) is 2.57. The van der Waals surface area contributed by atoms with Gasteiger partial charge in [-0.3, -0.25) is 0 Å². The van der Waals surface area contributed by atoms with Gasteiger partial charge in [-0.15, -0.1) is 11.6 Å². The molecule has 2 rings (SSSR count). The minimum absolute atomic E-state index is 0.187. The maximum atomic E-state index is 13.8. The van der Waals surface area contributed by atoms with Crippen molar-refractivity contribution in [3.63, 3.8) is 0 Å². The molecule has 0 N–H and O–H groups in total. The Hall–Kier alpha value is -0.360. The SMILES string of the molecule is CCCCCCCCn1c(CCl)nc2cc(I)c(F)cc21. The van der Waals surface area contributed by atoms with Gasteiger partial charge in [0.2, 0.25) is 0 Å². The van der Waals surface area contributed by atoms with Crippen molar-refractivity contribution in [3.05, 3.63) is 27.3 Å². The van der Waals surface area contributed by atoms with Gasteiger partial charge in [-0.1, -0.05) is 39.0 Å². The van der Waals surface area contributed by atoms with Gasteiger partial charge in [0.25, 0.3) is 0 Å². The third-order valence-electron chi connectivity index (χ3n) is 3.72. The molecule has 1 aromatic carbocycles. The Morgan fingerprint density at radius 3 is 2.62 bits per heavy atom. The molecule has 1 heterocycles. The van der Waals surface area contributed by atoms with E-state index in [1.54, 1.807) is 12.1 Å². The van der Waals surface area contributed by atoms with Gasteiger partial charge in [0, 0.05) is 12.6 Å². The molecule has 0 unspecified atom stereocenters. The van der Waals surface area contributed by atoms with Crippen LogP contribution in [0.2, 0.25) is 0 Å². The minimum Gasteiger partial charge on any atom is -0.327 e. The second kappa shape index (κ2) is 8.32. The number of benzene rings is 1. The first-order chi connectivity index (χ1) is 10.2. The van der Waals surface area contributed by atoms with E-state index in [9.17, 15) is 4.39 Å². The Morgan fingerprint density at radius 1 is 1.19 bits per heavy atom. The fraction of sp³-hybridized carbons (Fsp3) is 0.562. The second-order valence-electron chi connectivity index (χ2n) is 5.34. The van der Waals surface area contributed by atoms with Crippen LogP contribution >= 0.6 is 34.2 Å². The van der Waals surface area contributed by atoms with E-state index in [0.29, 0.717) is 9.45 Å². The molecule has 0 bridgehead atoms. The standard InChI is InChI=1S/C16H21ClFIN2/c1-2-3-4-5-6-7-8-21-15-9-12(18)13(19)10-14(15)20-16(21)11-17/h9-10H,2-8,11H2,1H3. The van der Waals surface area contributed by atoms with E-state index in [-0.39, 0.29) is 5.82 Å². The van der Waals surface area contributed by atoms with Crippen molar-refractivity contribution in [2.75, 3.05) is 0 Å². The van der Waals surface area contributed by atoms with Crippen LogP contribution in [0.3, 0.4) is 0 Å². The summed E-state index contributed by atoms with van der Waals surface area (Å²) in [5.41, 5.74) is 1.69. The summed E-state index contributed by atoms with van der Waals surface area (Å²) in [5.74, 6) is 1.01. The van der Waals surface area contributed by atoms with E-state index in [1.165, 1.54) is 32.1 Å². The van der Waals surface area contributed by atoms with Crippen molar-refractivity contribution in [2.45, 2.75) is 57.9 Å². The topological polar surface area (TPSA) is 17.8 Å². The van der Waals surface area contributed by atoms with Crippen molar-refractivity contribution in [2.24, 2.45) is 0 Å². The molecule has 1 aromatic heterocycles. The van der Waals surface area contributed by atoms with Crippen LogP contribution in [0.15, 0.2) is 12.1 Å². The van der Waals surface area contributed by atoms with Gasteiger partial charge in [-0.05, 0) is 35.1 Å². The molecule has 0 amide bonds. The number of halogens is 3. The number of hydrogen-bond acceptors (Lipinski definition) is 1. The molecular weight excluding hydrogens is 402 g/mol. The quantitative estimate of drug-likeness (QED) is 0.295. The van der Waals surface area contributed by atoms with Gasteiger partial charge in [0.15, 0.2) is 0 Å².